The van der Waals surface area contributed by atoms with E-state index in [1.54, 1.807) is 0 Å². The highest BCUT2D eigenvalue weighted by Crippen LogP contribution is 2.28. The highest BCUT2D eigenvalue weighted by atomic mass is 16.2. The van der Waals surface area contributed by atoms with Gasteiger partial charge in [0, 0.05) is 13.1 Å². The minimum atomic E-state index is -0.0599. The molecule has 0 aliphatic heterocycles. The quantitative estimate of drug-likeness (QED) is 0.756. The number of carbonyl (C=O) groups excluding carboxylic acids is 1. The van der Waals surface area contributed by atoms with Crippen LogP contribution in [0.5, 0.6) is 0 Å². The predicted molar refractivity (Wildman–Crippen MR) is 77.9 cm³/mol. The molecule has 1 aromatic carbocycles. The normalized spacial score (nSPS) is 15.4. The lowest BCUT2D eigenvalue weighted by molar-refractivity contribution is 0.240. The lowest BCUT2D eigenvalue weighted by Gasteiger charge is -2.10. The number of carbonyl (C=O) groups is 1. The van der Waals surface area contributed by atoms with E-state index in [4.69, 9.17) is 0 Å². The summed E-state index contributed by atoms with van der Waals surface area (Å²) in [5.74, 6) is 0.911. The maximum atomic E-state index is 11.6. The number of benzene rings is 1. The smallest absolute Gasteiger partial charge is 0.315 e. The van der Waals surface area contributed by atoms with Crippen LogP contribution in [0.3, 0.4) is 0 Å². The fourth-order valence-electron chi connectivity index (χ4n) is 2.73. The van der Waals surface area contributed by atoms with Gasteiger partial charge in [0.05, 0.1) is 0 Å². The molecule has 1 aliphatic rings. The van der Waals surface area contributed by atoms with Gasteiger partial charge in [0.25, 0.3) is 0 Å². The molecular weight excluding hydrogens is 236 g/mol. The Morgan fingerprint density at radius 1 is 1.11 bits per heavy atom. The zero-order valence-electron chi connectivity index (χ0n) is 11.5. The molecule has 3 heteroatoms. The van der Waals surface area contributed by atoms with Gasteiger partial charge >= 0.3 is 6.03 Å². The summed E-state index contributed by atoms with van der Waals surface area (Å²) >= 11 is 0. The molecule has 0 saturated heterocycles. The van der Waals surface area contributed by atoms with Crippen molar-refractivity contribution in [2.75, 3.05) is 6.54 Å². The second-order valence-electron chi connectivity index (χ2n) is 5.39. The van der Waals surface area contributed by atoms with Crippen LogP contribution in [-0.2, 0) is 6.54 Å². The predicted octanol–water partition coefficient (Wildman–Crippen LogP) is 3.46. The van der Waals surface area contributed by atoms with Crippen LogP contribution < -0.4 is 10.6 Å². The average molecular weight is 260 g/mol. The molecule has 0 aromatic heterocycles. The van der Waals surface area contributed by atoms with E-state index >= 15 is 0 Å². The Labute approximate surface area is 115 Å². The molecule has 0 atom stereocenters. The Kier molecular flexibility index (Phi) is 5.73. The number of rotatable bonds is 6. The summed E-state index contributed by atoms with van der Waals surface area (Å²) in [6.07, 6.45) is 7.94. The molecule has 1 saturated carbocycles. The Hall–Kier alpha value is -1.51. The maximum Gasteiger partial charge on any atom is 0.315 e. The van der Waals surface area contributed by atoms with Crippen molar-refractivity contribution >= 4 is 6.03 Å². The minimum Gasteiger partial charge on any atom is -0.338 e. The van der Waals surface area contributed by atoms with Gasteiger partial charge in [-0.05, 0) is 24.3 Å². The highest BCUT2D eigenvalue weighted by Gasteiger charge is 2.14. The molecule has 0 radical (unpaired) electrons. The zero-order chi connectivity index (χ0) is 13.3. The van der Waals surface area contributed by atoms with Gasteiger partial charge in [-0.2, -0.15) is 0 Å². The van der Waals surface area contributed by atoms with Crippen LogP contribution in [0.2, 0.25) is 0 Å². The lowest BCUT2D eigenvalue weighted by Crippen LogP contribution is -2.35. The highest BCUT2D eigenvalue weighted by molar-refractivity contribution is 5.73. The summed E-state index contributed by atoms with van der Waals surface area (Å²) in [4.78, 5) is 11.6. The average Bonchev–Trinajstić information content (AvgIpc) is 2.96. The van der Waals surface area contributed by atoms with E-state index in [2.05, 4.69) is 10.6 Å². The van der Waals surface area contributed by atoms with Gasteiger partial charge in [-0.15, -0.1) is 0 Å². The van der Waals surface area contributed by atoms with E-state index in [1.807, 2.05) is 30.3 Å². The molecule has 0 unspecified atom stereocenters. The second kappa shape index (κ2) is 7.82. The van der Waals surface area contributed by atoms with Gasteiger partial charge in [-0.25, -0.2) is 4.79 Å². The first kappa shape index (κ1) is 13.9. The standard InChI is InChI=1S/C16H24N2O/c19-16(18-13-15-9-2-1-3-10-15)17-12-6-11-14-7-4-5-8-14/h1-3,9-10,14H,4-8,11-13H2,(H2,17,18,19). The van der Waals surface area contributed by atoms with Crippen LogP contribution in [0, 0.1) is 5.92 Å². The molecule has 2 N–H and O–H groups in total. The van der Waals surface area contributed by atoms with Gasteiger partial charge in [-0.3, -0.25) is 0 Å². The van der Waals surface area contributed by atoms with Crippen molar-refractivity contribution in [1.82, 2.24) is 10.6 Å². The van der Waals surface area contributed by atoms with Crippen LogP contribution in [0.4, 0.5) is 4.79 Å². The van der Waals surface area contributed by atoms with Crippen LogP contribution in [0.15, 0.2) is 30.3 Å². The lowest BCUT2D eigenvalue weighted by atomic mass is 10.0. The maximum absolute atomic E-state index is 11.6. The third kappa shape index (κ3) is 5.33. The van der Waals surface area contributed by atoms with Crippen LogP contribution in [0.25, 0.3) is 0 Å². The van der Waals surface area contributed by atoms with Gasteiger partial charge in [0.15, 0.2) is 0 Å². The SMILES string of the molecule is O=C(NCCCC1CCCC1)NCc1ccccc1. The summed E-state index contributed by atoms with van der Waals surface area (Å²) in [5.41, 5.74) is 1.13. The van der Waals surface area contributed by atoms with Crippen LogP contribution in [0.1, 0.15) is 44.1 Å². The Balaban J connectivity index is 1.52. The third-order valence-electron chi connectivity index (χ3n) is 3.85. The van der Waals surface area contributed by atoms with Gasteiger partial charge < -0.3 is 10.6 Å². The van der Waals surface area contributed by atoms with Crippen LogP contribution in [-0.4, -0.2) is 12.6 Å². The van der Waals surface area contributed by atoms with E-state index < -0.39 is 0 Å². The molecule has 104 valence electrons. The molecule has 19 heavy (non-hydrogen) atoms. The third-order valence-corrected chi connectivity index (χ3v) is 3.85. The first-order chi connectivity index (χ1) is 9.34. The van der Waals surface area contributed by atoms with E-state index in [1.165, 1.54) is 32.1 Å². The Bertz CT molecular complexity index is 372. The van der Waals surface area contributed by atoms with Crippen molar-refractivity contribution in [2.45, 2.75) is 45.1 Å². The molecule has 2 amide bonds. The minimum absolute atomic E-state index is 0.0599. The summed E-state index contributed by atoms with van der Waals surface area (Å²) in [6.45, 7) is 1.38. The number of nitrogens with one attached hydrogen (secondary N) is 2. The largest absolute Gasteiger partial charge is 0.338 e. The second-order valence-corrected chi connectivity index (χ2v) is 5.39. The molecule has 3 nitrogen and oxygen atoms in total. The summed E-state index contributed by atoms with van der Waals surface area (Å²) in [6, 6.07) is 9.91. The number of hydrogen-bond donors (Lipinski definition) is 2. The molecule has 1 aromatic rings. The van der Waals surface area contributed by atoms with Gasteiger partial charge in [0.2, 0.25) is 0 Å². The first-order valence-electron chi connectivity index (χ1n) is 7.40. The number of amides is 2. The zero-order valence-corrected chi connectivity index (χ0v) is 11.5. The molecule has 0 heterocycles. The number of urea groups is 1. The van der Waals surface area contributed by atoms with Crippen molar-refractivity contribution in [3.63, 3.8) is 0 Å². The Morgan fingerprint density at radius 2 is 1.84 bits per heavy atom. The molecule has 1 aliphatic carbocycles. The summed E-state index contributed by atoms with van der Waals surface area (Å²) in [7, 11) is 0. The fourth-order valence-corrected chi connectivity index (χ4v) is 2.73. The van der Waals surface area contributed by atoms with Crippen LogP contribution >= 0.6 is 0 Å². The van der Waals surface area contributed by atoms with E-state index in [9.17, 15) is 4.79 Å². The topological polar surface area (TPSA) is 41.1 Å². The molecule has 0 spiro atoms. The first-order valence-corrected chi connectivity index (χ1v) is 7.40. The summed E-state index contributed by atoms with van der Waals surface area (Å²) in [5, 5.41) is 5.80. The molecule has 0 bridgehead atoms. The van der Waals surface area contributed by atoms with Crippen molar-refractivity contribution in [3.05, 3.63) is 35.9 Å². The van der Waals surface area contributed by atoms with Gasteiger partial charge in [-0.1, -0.05) is 56.0 Å². The van der Waals surface area contributed by atoms with Crippen molar-refractivity contribution in [3.8, 4) is 0 Å². The number of hydrogen-bond acceptors (Lipinski definition) is 1. The van der Waals surface area contributed by atoms with Gasteiger partial charge in [0.1, 0.15) is 0 Å². The molecule has 2 rings (SSSR count). The van der Waals surface area contributed by atoms with Crippen molar-refractivity contribution in [2.24, 2.45) is 5.92 Å². The Morgan fingerprint density at radius 3 is 2.58 bits per heavy atom. The fraction of sp³-hybridized carbons (Fsp3) is 0.562. The van der Waals surface area contributed by atoms with E-state index in [0.29, 0.717) is 6.54 Å². The molecule has 1 fully saturated rings. The van der Waals surface area contributed by atoms with Crippen molar-refractivity contribution < 1.29 is 4.79 Å². The van der Waals surface area contributed by atoms with E-state index in [0.717, 1.165) is 24.4 Å². The summed E-state index contributed by atoms with van der Waals surface area (Å²) < 4.78 is 0. The van der Waals surface area contributed by atoms with Crippen molar-refractivity contribution in [1.29, 1.82) is 0 Å². The van der Waals surface area contributed by atoms with E-state index in [-0.39, 0.29) is 6.03 Å². The molecular formula is C16H24N2O. The monoisotopic (exact) mass is 260 g/mol.